The number of aryl methyl sites for hydroxylation is 4. The first-order chi connectivity index (χ1) is 29.3. The molecule has 2 heterocycles. The third kappa shape index (κ3) is 9.53. The summed E-state index contributed by atoms with van der Waals surface area (Å²) in [7, 11) is 0. The largest absolute Gasteiger partial charge is 0.435 e. The molecule has 0 fully saturated rings. The van der Waals surface area contributed by atoms with Crippen LogP contribution in [0, 0.1) is 27.7 Å². The number of pyridine rings is 2. The summed E-state index contributed by atoms with van der Waals surface area (Å²) in [5.74, 6) is -0.858. The van der Waals surface area contributed by atoms with Crippen molar-refractivity contribution < 1.29 is 71.1 Å². The highest BCUT2D eigenvalue weighted by Crippen LogP contribution is 2.55. The summed E-state index contributed by atoms with van der Waals surface area (Å²) in [6.07, 6.45) is -23.9. The van der Waals surface area contributed by atoms with Crippen LogP contribution in [-0.2, 0) is 24.2 Å². The Morgan fingerprint density at radius 1 is 0.500 bits per heavy atom. The molecule has 0 radical (unpaired) electrons. The summed E-state index contributed by atoms with van der Waals surface area (Å²) >= 11 is 11.9. The maximum Gasteiger partial charge on any atom is 0.435 e. The van der Waals surface area contributed by atoms with E-state index in [9.17, 15) is 71.1 Å². The van der Waals surface area contributed by atoms with Crippen LogP contribution in [0.3, 0.4) is 0 Å². The second-order valence-corrected chi connectivity index (χ2v) is 15.5. The average Bonchev–Trinajstić information content (AvgIpc) is 3.18. The molecule has 0 aliphatic rings. The predicted molar refractivity (Wildman–Crippen MR) is 211 cm³/mol. The molecule has 64 heavy (non-hydrogen) atoms. The van der Waals surface area contributed by atoms with Gasteiger partial charge in [-0.25, -0.2) is 13.8 Å². The normalized spacial score (nSPS) is 12.9. The molecular formula is C44H30Cl2F14N2O2. The van der Waals surface area contributed by atoms with Gasteiger partial charge in [-0.05, 0) is 116 Å². The summed E-state index contributed by atoms with van der Waals surface area (Å²) in [5.41, 5.74) is -12.4. The molecular weight excluding hydrogens is 925 g/mol. The lowest BCUT2D eigenvalue weighted by atomic mass is 9.87. The topological polar surface area (TPSA) is 59.9 Å². The van der Waals surface area contributed by atoms with Gasteiger partial charge in [-0.15, -0.1) is 0 Å². The van der Waals surface area contributed by atoms with E-state index in [1.807, 2.05) is 0 Å². The maximum absolute atomic E-state index is 14.4. The lowest BCUT2D eigenvalue weighted by Gasteiger charge is -2.31. The molecule has 20 heteroatoms. The summed E-state index contributed by atoms with van der Waals surface area (Å²) in [6, 6.07) is 15.9. The number of carbonyl (C=O) groups excluding carboxylic acids is 2. The molecule has 340 valence electrons. The molecule has 0 saturated carbocycles. The van der Waals surface area contributed by atoms with Crippen molar-refractivity contribution in [1.29, 1.82) is 0 Å². The number of Topliss-reactive ketones (excluding diaryl/α,β-unsaturated/α-hetero) is 2. The van der Waals surface area contributed by atoms with Crippen molar-refractivity contribution in [3.63, 3.8) is 0 Å². The van der Waals surface area contributed by atoms with Crippen molar-refractivity contribution in [2.75, 3.05) is 0 Å². The molecule has 0 N–H and O–H groups in total. The molecule has 0 unspecified atom stereocenters. The zero-order chi connectivity index (χ0) is 48.1. The van der Waals surface area contributed by atoms with Gasteiger partial charge in [0.25, 0.3) is 0 Å². The number of hydrogen-bond donors (Lipinski definition) is 0. The molecule has 2 aromatic heterocycles. The van der Waals surface area contributed by atoms with Crippen molar-refractivity contribution in [1.82, 2.24) is 9.97 Å². The number of alkyl halides is 14. The van der Waals surface area contributed by atoms with Gasteiger partial charge in [0, 0.05) is 52.1 Å². The van der Waals surface area contributed by atoms with E-state index in [2.05, 4.69) is 9.97 Å². The third-order valence-corrected chi connectivity index (χ3v) is 11.0. The van der Waals surface area contributed by atoms with E-state index in [-0.39, 0.29) is 62.5 Å². The molecule has 4 nitrogen and oxygen atoms in total. The lowest BCUT2D eigenvalue weighted by Crippen LogP contribution is -2.50. The van der Waals surface area contributed by atoms with Gasteiger partial charge < -0.3 is 0 Å². The zero-order valence-electron chi connectivity index (χ0n) is 33.3. The molecule has 0 amide bonds. The number of hydrogen-bond acceptors (Lipinski definition) is 4. The molecule has 0 bridgehead atoms. The number of benzene rings is 4. The van der Waals surface area contributed by atoms with Gasteiger partial charge in [0.2, 0.25) is 0 Å². The van der Waals surface area contributed by atoms with E-state index < -0.39 is 58.7 Å². The van der Waals surface area contributed by atoms with Crippen LogP contribution in [0.1, 0.15) is 65.2 Å². The van der Waals surface area contributed by atoms with Crippen LogP contribution in [0.2, 0.25) is 10.2 Å². The summed E-state index contributed by atoms with van der Waals surface area (Å²) < 4.78 is 186. The minimum atomic E-state index is -6.21. The SMILES string of the molecule is Cc1cc(C(F)(C(F)(F)F)C(F)(F)F)cc(C)c1CC(=O)c1ccc2nc(Cl)ccc2c1.Cc1cc(C(F)(C(F)(F)F)C(F)(F)F)cc(C)c1CC(=O)c1ccc2nccc(Cl)c2c1. The quantitative estimate of drug-likeness (QED) is 0.0866. The van der Waals surface area contributed by atoms with Gasteiger partial charge in [-0.3, -0.25) is 14.6 Å². The summed E-state index contributed by atoms with van der Waals surface area (Å²) in [6.45, 7) is 4.93. The van der Waals surface area contributed by atoms with Crippen LogP contribution in [0.15, 0.2) is 85.1 Å². The second-order valence-electron chi connectivity index (χ2n) is 14.8. The Balaban J connectivity index is 0.000000241. The number of fused-ring (bicyclic) bond motifs is 2. The van der Waals surface area contributed by atoms with E-state index in [4.69, 9.17) is 23.2 Å². The van der Waals surface area contributed by atoms with E-state index in [1.165, 1.54) is 64.2 Å². The minimum Gasteiger partial charge on any atom is -0.294 e. The molecule has 4 aromatic carbocycles. The van der Waals surface area contributed by atoms with E-state index >= 15 is 0 Å². The number of carbonyl (C=O) groups is 2. The Labute approximate surface area is 364 Å². The Kier molecular flexibility index (Phi) is 13.6. The van der Waals surface area contributed by atoms with E-state index in [0.717, 1.165) is 0 Å². The van der Waals surface area contributed by atoms with Crippen molar-refractivity contribution >= 4 is 56.6 Å². The number of nitrogens with zero attached hydrogens (tertiary/aromatic N) is 2. The molecule has 0 aliphatic carbocycles. The Hall–Kier alpha value is -5.36. The molecule has 6 aromatic rings. The van der Waals surface area contributed by atoms with Crippen LogP contribution in [-0.4, -0.2) is 46.2 Å². The van der Waals surface area contributed by atoms with Crippen LogP contribution in [0.5, 0.6) is 0 Å². The van der Waals surface area contributed by atoms with Crippen LogP contribution in [0.25, 0.3) is 21.8 Å². The molecule has 0 aliphatic heterocycles. The van der Waals surface area contributed by atoms with Gasteiger partial charge in [0.1, 0.15) is 5.15 Å². The lowest BCUT2D eigenvalue weighted by molar-refractivity contribution is -0.349. The minimum absolute atomic E-state index is 0.0573. The maximum atomic E-state index is 14.4. The van der Waals surface area contributed by atoms with E-state index in [0.29, 0.717) is 51.1 Å². The second kappa shape index (κ2) is 17.6. The molecule has 0 spiro atoms. The Morgan fingerprint density at radius 2 is 0.891 bits per heavy atom. The van der Waals surface area contributed by atoms with Gasteiger partial charge in [0.05, 0.1) is 16.1 Å². The summed E-state index contributed by atoms with van der Waals surface area (Å²) in [5, 5.41) is 1.77. The van der Waals surface area contributed by atoms with Gasteiger partial charge in [-0.1, -0.05) is 47.5 Å². The van der Waals surface area contributed by atoms with Gasteiger partial charge in [-0.2, -0.15) is 52.7 Å². The highest BCUT2D eigenvalue weighted by atomic mass is 35.5. The first-order valence-corrected chi connectivity index (χ1v) is 19.1. The van der Waals surface area contributed by atoms with Crippen molar-refractivity contribution in [3.8, 4) is 0 Å². The smallest absolute Gasteiger partial charge is 0.294 e. The van der Waals surface area contributed by atoms with Crippen molar-refractivity contribution in [2.45, 2.75) is 76.6 Å². The predicted octanol–water partition coefficient (Wildman–Crippen LogP) is 14.4. The molecule has 0 saturated heterocycles. The standard InChI is InChI=1S/2C22H15ClF7NO/c1-11-7-15(20(24,21(25,26)27)22(28,29)30)8-12(2)16(11)10-18(32)14-3-5-17-13(9-14)4-6-19(23)31-17;1-11-7-14(20(24,21(25,26)27)22(28,29)30)8-12(2)15(11)10-19(32)13-3-4-18-16(9-13)17(23)5-6-31-18/h2*3-9H,10H2,1-2H3. The first-order valence-electron chi connectivity index (χ1n) is 18.3. The van der Waals surface area contributed by atoms with Crippen molar-refractivity contribution in [3.05, 3.63) is 151 Å². The average molecular weight is 956 g/mol. The molecule has 0 atom stereocenters. The fraction of sp³-hybridized carbons (Fsp3) is 0.273. The van der Waals surface area contributed by atoms with Crippen molar-refractivity contribution in [2.24, 2.45) is 0 Å². The first kappa shape index (κ1) is 49.7. The monoisotopic (exact) mass is 954 g/mol. The van der Waals surface area contributed by atoms with E-state index in [1.54, 1.807) is 24.3 Å². The Morgan fingerprint density at radius 3 is 1.30 bits per heavy atom. The number of aromatic nitrogens is 2. The zero-order valence-corrected chi connectivity index (χ0v) is 34.8. The highest BCUT2D eigenvalue weighted by Gasteiger charge is 2.74. The van der Waals surface area contributed by atoms with Crippen LogP contribution in [0.4, 0.5) is 61.5 Å². The van der Waals surface area contributed by atoms with Crippen LogP contribution < -0.4 is 0 Å². The number of rotatable bonds is 8. The summed E-state index contributed by atoms with van der Waals surface area (Å²) in [4.78, 5) is 33.7. The van der Waals surface area contributed by atoms with Gasteiger partial charge >= 0.3 is 36.0 Å². The highest BCUT2D eigenvalue weighted by molar-refractivity contribution is 6.35. The molecule has 6 rings (SSSR count). The van der Waals surface area contributed by atoms with Gasteiger partial charge in [0.15, 0.2) is 11.6 Å². The fourth-order valence-electron chi connectivity index (χ4n) is 7.00. The third-order valence-electron chi connectivity index (χ3n) is 10.4. The van der Waals surface area contributed by atoms with Crippen LogP contribution >= 0.6 is 23.2 Å². The Bertz CT molecular complexity index is 2700. The fourth-order valence-corrected chi connectivity index (χ4v) is 7.37. The number of ketones is 2. The number of halogens is 16.